The van der Waals surface area contributed by atoms with E-state index in [1.54, 1.807) is 6.07 Å². The van der Waals surface area contributed by atoms with Crippen LogP contribution in [-0.4, -0.2) is 10.2 Å². The highest BCUT2D eigenvalue weighted by Gasteiger charge is 2.08. The number of aromatic nitrogens is 2. The lowest BCUT2D eigenvalue weighted by Crippen LogP contribution is -1.83. The summed E-state index contributed by atoms with van der Waals surface area (Å²) in [5.74, 6) is 0.451. The van der Waals surface area contributed by atoms with Crippen LogP contribution in [0.4, 0.5) is 5.69 Å². The van der Waals surface area contributed by atoms with Crippen molar-refractivity contribution in [3.8, 4) is 10.8 Å². The van der Waals surface area contributed by atoms with Gasteiger partial charge in [0, 0.05) is 0 Å². The van der Waals surface area contributed by atoms with Crippen LogP contribution in [0.3, 0.4) is 0 Å². The maximum Gasteiger partial charge on any atom is 0.284 e. The van der Waals surface area contributed by atoms with Gasteiger partial charge in [-0.2, -0.15) is 0 Å². The number of aromatic amines is 1. The van der Waals surface area contributed by atoms with Gasteiger partial charge in [0.1, 0.15) is 4.88 Å². The summed E-state index contributed by atoms with van der Waals surface area (Å²) in [4.78, 5) is 1.07. The quantitative estimate of drug-likeness (QED) is 0.690. The molecule has 4 nitrogen and oxygen atoms in total. The van der Waals surface area contributed by atoms with Crippen molar-refractivity contribution in [1.82, 2.24) is 10.2 Å². The van der Waals surface area contributed by atoms with E-state index < -0.39 is 0 Å². The molecule has 62 valence electrons. The summed E-state index contributed by atoms with van der Waals surface area (Å²) in [5, 5.41) is 8.26. The van der Waals surface area contributed by atoms with Crippen LogP contribution in [0, 0.1) is 4.84 Å². The molecular formula is C6H5N3OS2. The van der Waals surface area contributed by atoms with Gasteiger partial charge in [-0.15, -0.1) is 16.4 Å². The maximum absolute atomic E-state index is 5.64. The minimum absolute atomic E-state index is 0.262. The summed E-state index contributed by atoms with van der Waals surface area (Å²) in [6.07, 6.45) is 0. The topological polar surface area (TPSA) is 67.8 Å². The van der Waals surface area contributed by atoms with Crippen molar-refractivity contribution in [3.05, 3.63) is 16.3 Å². The summed E-state index contributed by atoms with van der Waals surface area (Å²) < 4.78 is 5.09. The lowest BCUT2D eigenvalue weighted by atomic mass is 10.4. The highest BCUT2D eigenvalue weighted by Crippen LogP contribution is 2.29. The average Bonchev–Trinajstić information content (AvgIpc) is 2.58. The highest BCUT2D eigenvalue weighted by molar-refractivity contribution is 7.71. The second-order valence-corrected chi connectivity index (χ2v) is 3.41. The van der Waals surface area contributed by atoms with Gasteiger partial charge >= 0.3 is 0 Å². The Morgan fingerprint density at radius 3 is 3.00 bits per heavy atom. The fourth-order valence-corrected chi connectivity index (χ4v) is 1.69. The molecule has 6 heteroatoms. The van der Waals surface area contributed by atoms with E-state index in [1.165, 1.54) is 11.3 Å². The molecule has 0 aromatic carbocycles. The first-order valence-corrected chi connectivity index (χ1v) is 4.45. The van der Waals surface area contributed by atoms with Crippen molar-refractivity contribution in [3.63, 3.8) is 0 Å². The summed E-state index contributed by atoms with van der Waals surface area (Å²) in [5.41, 5.74) is 6.30. The van der Waals surface area contributed by atoms with E-state index >= 15 is 0 Å². The van der Waals surface area contributed by atoms with Crippen LogP contribution in [0.25, 0.3) is 10.8 Å². The van der Waals surface area contributed by atoms with E-state index in [4.69, 9.17) is 22.4 Å². The van der Waals surface area contributed by atoms with Crippen molar-refractivity contribution < 1.29 is 4.42 Å². The van der Waals surface area contributed by atoms with Crippen LogP contribution in [0.15, 0.2) is 15.9 Å². The third-order valence-corrected chi connectivity index (χ3v) is 2.42. The molecule has 0 radical (unpaired) electrons. The summed E-state index contributed by atoms with van der Waals surface area (Å²) >= 11 is 6.20. The van der Waals surface area contributed by atoms with Crippen LogP contribution in [0.1, 0.15) is 0 Å². The average molecular weight is 199 g/mol. The Morgan fingerprint density at radius 1 is 1.67 bits per heavy atom. The van der Waals surface area contributed by atoms with E-state index in [2.05, 4.69) is 10.2 Å². The molecule has 0 aliphatic rings. The smallest absolute Gasteiger partial charge is 0.284 e. The van der Waals surface area contributed by atoms with E-state index in [-0.39, 0.29) is 4.84 Å². The molecule has 0 atom stereocenters. The number of nitrogens with one attached hydrogen (secondary N) is 1. The standard InChI is InChI=1S/C6H5N3OS2/c7-3-1-2-12-4(3)5-8-9-6(11)10-5/h1-2H,7H2,(H,9,11). The van der Waals surface area contributed by atoms with Crippen molar-refractivity contribution in [2.24, 2.45) is 0 Å². The fraction of sp³-hybridized carbons (Fsp3) is 0. The lowest BCUT2D eigenvalue weighted by molar-refractivity contribution is 0.553. The van der Waals surface area contributed by atoms with Crippen LogP contribution in [0.2, 0.25) is 0 Å². The van der Waals surface area contributed by atoms with Gasteiger partial charge in [-0.05, 0) is 23.7 Å². The molecule has 0 saturated carbocycles. The van der Waals surface area contributed by atoms with Gasteiger partial charge < -0.3 is 10.2 Å². The van der Waals surface area contributed by atoms with E-state index in [0.29, 0.717) is 11.6 Å². The molecule has 0 amide bonds. The maximum atomic E-state index is 5.64. The number of nitrogens with two attached hydrogens (primary N) is 1. The van der Waals surface area contributed by atoms with E-state index in [1.807, 2.05) is 5.38 Å². The first-order chi connectivity index (χ1) is 5.77. The second-order valence-electron chi connectivity index (χ2n) is 2.12. The number of thiophene rings is 1. The van der Waals surface area contributed by atoms with Crippen LogP contribution in [-0.2, 0) is 0 Å². The Labute approximate surface area is 77.0 Å². The molecular weight excluding hydrogens is 194 g/mol. The molecule has 2 rings (SSSR count). The summed E-state index contributed by atoms with van der Waals surface area (Å²) in [6.45, 7) is 0. The zero-order chi connectivity index (χ0) is 8.55. The third-order valence-electron chi connectivity index (χ3n) is 1.33. The lowest BCUT2D eigenvalue weighted by Gasteiger charge is -1.88. The number of hydrogen-bond acceptors (Lipinski definition) is 5. The molecule has 3 N–H and O–H groups in total. The fourth-order valence-electron chi connectivity index (χ4n) is 0.820. The molecule has 12 heavy (non-hydrogen) atoms. The van der Waals surface area contributed by atoms with Gasteiger partial charge in [-0.25, -0.2) is 5.10 Å². The first kappa shape index (κ1) is 7.51. The molecule has 0 aliphatic carbocycles. The number of anilines is 1. The third kappa shape index (κ3) is 1.15. The van der Waals surface area contributed by atoms with E-state index in [0.717, 1.165) is 4.88 Å². The monoisotopic (exact) mass is 199 g/mol. The SMILES string of the molecule is Nc1ccsc1-c1n[nH]c(=S)o1. The van der Waals surface area contributed by atoms with Gasteiger partial charge in [0.2, 0.25) is 0 Å². The Morgan fingerprint density at radius 2 is 2.50 bits per heavy atom. The van der Waals surface area contributed by atoms with Crippen molar-refractivity contribution >= 4 is 29.2 Å². The van der Waals surface area contributed by atoms with Crippen molar-refractivity contribution in [2.45, 2.75) is 0 Å². The van der Waals surface area contributed by atoms with Gasteiger partial charge in [-0.3, -0.25) is 0 Å². The summed E-state index contributed by atoms with van der Waals surface area (Å²) in [7, 11) is 0. The molecule has 0 fully saturated rings. The number of H-pyrrole nitrogens is 1. The predicted molar refractivity (Wildman–Crippen MR) is 49.4 cm³/mol. The zero-order valence-corrected chi connectivity index (χ0v) is 7.54. The van der Waals surface area contributed by atoms with Gasteiger partial charge in [0.25, 0.3) is 10.7 Å². The van der Waals surface area contributed by atoms with Crippen LogP contribution >= 0.6 is 23.6 Å². The van der Waals surface area contributed by atoms with Crippen LogP contribution < -0.4 is 5.73 Å². The molecule has 0 unspecified atom stereocenters. The number of rotatable bonds is 1. The Hall–Kier alpha value is -1.14. The minimum Gasteiger partial charge on any atom is -0.408 e. The van der Waals surface area contributed by atoms with Crippen LogP contribution in [0.5, 0.6) is 0 Å². The molecule has 0 bridgehead atoms. The van der Waals surface area contributed by atoms with Gasteiger partial charge in [0.05, 0.1) is 5.69 Å². The molecule has 0 aliphatic heterocycles. The molecule has 2 aromatic heterocycles. The Balaban J connectivity index is 2.57. The number of hydrogen-bond donors (Lipinski definition) is 2. The van der Waals surface area contributed by atoms with Crippen molar-refractivity contribution in [2.75, 3.05) is 5.73 Å². The van der Waals surface area contributed by atoms with Crippen molar-refractivity contribution in [1.29, 1.82) is 0 Å². The predicted octanol–water partition coefficient (Wildman–Crippen LogP) is 2.04. The number of nitrogens with zero attached hydrogens (tertiary/aromatic N) is 1. The largest absolute Gasteiger partial charge is 0.408 e. The van der Waals surface area contributed by atoms with Gasteiger partial charge in [0.15, 0.2) is 0 Å². The highest BCUT2D eigenvalue weighted by atomic mass is 32.1. The molecule has 0 spiro atoms. The molecule has 0 saturated heterocycles. The minimum atomic E-state index is 0.262. The number of nitrogen functional groups attached to an aromatic ring is 1. The molecule has 2 aromatic rings. The first-order valence-electron chi connectivity index (χ1n) is 3.16. The zero-order valence-electron chi connectivity index (χ0n) is 5.90. The second kappa shape index (κ2) is 2.72. The van der Waals surface area contributed by atoms with E-state index in [9.17, 15) is 0 Å². The normalized spacial score (nSPS) is 10.3. The Bertz CT molecular complexity index is 441. The molecule has 2 heterocycles. The van der Waals surface area contributed by atoms with Gasteiger partial charge in [-0.1, -0.05) is 0 Å². The Kier molecular flexibility index (Phi) is 1.70. The summed E-state index contributed by atoms with van der Waals surface area (Å²) in [6, 6.07) is 1.80.